The van der Waals surface area contributed by atoms with E-state index >= 15 is 0 Å². The number of hydrogen-bond acceptors (Lipinski definition) is 3. The van der Waals surface area contributed by atoms with E-state index in [1.54, 1.807) is 24.3 Å². The smallest absolute Gasteiger partial charge is 0.241 e. The Morgan fingerprint density at radius 3 is 2.18 bits per heavy atom. The van der Waals surface area contributed by atoms with E-state index in [4.69, 9.17) is 0 Å². The second-order valence-corrected chi connectivity index (χ2v) is 10.4. The molecule has 0 aliphatic rings. The zero-order valence-electron chi connectivity index (χ0n) is 19.6. The predicted octanol–water partition coefficient (Wildman–Crippen LogP) is 5.73. The average molecular weight is 465 g/mol. The number of hydrogen-bond donors (Lipinski definition) is 2. The van der Waals surface area contributed by atoms with Crippen LogP contribution in [-0.2, 0) is 21.2 Å². The highest BCUT2D eigenvalue weighted by atomic mass is 32.2. The minimum Gasteiger partial charge on any atom is -0.326 e. The van der Waals surface area contributed by atoms with Crippen molar-refractivity contribution in [2.45, 2.75) is 57.4 Å². The van der Waals surface area contributed by atoms with Gasteiger partial charge in [-0.3, -0.25) is 4.79 Å². The summed E-state index contributed by atoms with van der Waals surface area (Å²) in [4.78, 5) is 12.8. The third kappa shape index (κ3) is 6.53. The molecule has 0 aromatic heterocycles. The van der Waals surface area contributed by atoms with Crippen LogP contribution in [0.4, 0.5) is 5.69 Å². The summed E-state index contributed by atoms with van der Waals surface area (Å²) in [7, 11) is -3.64. The number of sulfonamides is 1. The van der Waals surface area contributed by atoms with Crippen molar-refractivity contribution in [2.75, 3.05) is 5.32 Å². The summed E-state index contributed by atoms with van der Waals surface area (Å²) in [6, 6.07) is 21.9. The number of nitrogens with one attached hydrogen (secondary N) is 2. The van der Waals surface area contributed by atoms with Gasteiger partial charge in [0.25, 0.3) is 0 Å². The minimum absolute atomic E-state index is 0.0544. The van der Waals surface area contributed by atoms with Gasteiger partial charge in [-0.2, -0.15) is 0 Å². The van der Waals surface area contributed by atoms with Crippen molar-refractivity contribution in [2.24, 2.45) is 0 Å². The van der Waals surface area contributed by atoms with Crippen molar-refractivity contribution in [1.29, 1.82) is 0 Å². The molecule has 0 bridgehead atoms. The van der Waals surface area contributed by atoms with Crippen LogP contribution in [0.2, 0.25) is 0 Å². The second kappa shape index (κ2) is 10.8. The largest absolute Gasteiger partial charge is 0.326 e. The number of rotatable bonds is 9. The lowest BCUT2D eigenvalue weighted by molar-refractivity contribution is -0.116. The van der Waals surface area contributed by atoms with Crippen LogP contribution in [0, 0.1) is 6.92 Å². The van der Waals surface area contributed by atoms with Crippen LogP contribution in [0.15, 0.2) is 77.7 Å². The van der Waals surface area contributed by atoms with E-state index in [0.717, 1.165) is 27.9 Å². The molecule has 3 rings (SSSR count). The maximum absolute atomic E-state index is 12.7. The fraction of sp³-hybridized carbons (Fsp3) is 0.296. The van der Waals surface area contributed by atoms with Gasteiger partial charge < -0.3 is 5.32 Å². The molecular weight excluding hydrogens is 432 g/mol. The highest BCUT2D eigenvalue weighted by Gasteiger charge is 2.18. The molecule has 0 fully saturated rings. The molecule has 0 unspecified atom stereocenters. The van der Waals surface area contributed by atoms with Crippen LogP contribution in [0.1, 0.15) is 61.4 Å². The second-order valence-electron chi connectivity index (χ2n) is 8.64. The Kier molecular flexibility index (Phi) is 8.06. The van der Waals surface area contributed by atoms with Gasteiger partial charge in [0.2, 0.25) is 15.9 Å². The molecule has 0 aliphatic carbocycles. The zero-order valence-corrected chi connectivity index (χ0v) is 20.4. The third-order valence-corrected chi connectivity index (χ3v) is 7.25. The Morgan fingerprint density at radius 1 is 0.879 bits per heavy atom. The third-order valence-electron chi connectivity index (χ3n) is 5.70. The van der Waals surface area contributed by atoms with Crippen molar-refractivity contribution >= 4 is 21.6 Å². The van der Waals surface area contributed by atoms with Crippen molar-refractivity contribution in [3.05, 3.63) is 95.1 Å². The SMILES string of the molecule is Cc1cccc(C(C)C)c1NC(=O)CCc1ccc(S(=O)(=O)N[C@@H](C)c2ccccc2)cc1. The molecule has 0 heterocycles. The van der Waals surface area contributed by atoms with E-state index in [1.807, 2.05) is 62.4 Å². The molecule has 5 nitrogen and oxygen atoms in total. The Balaban J connectivity index is 1.60. The lowest BCUT2D eigenvalue weighted by Crippen LogP contribution is -2.26. The van der Waals surface area contributed by atoms with Crippen LogP contribution in [-0.4, -0.2) is 14.3 Å². The fourth-order valence-electron chi connectivity index (χ4n) is 3.75. The Labute approximate surface area is 197 Å². The van der Waals surface area contributed by atoms with E-state index in [0.29, 0.717) is 18.8 Å². The van der Waals surface area contributed by atoms with Gasteiger partial charge >= 0.3 is 0 Å². The van der Waals surface area contributed by atoms with Crippen molar-refractivity contribution in [1.82, 2.24) is 4.72 Å². The van der Waals surface area contributed by atoms with Crippen molar-refractivity contribution in [3.8, 4) is 0 Å². The predicted molar refractivity (Wildman–Crippen MR) is 134 cm³/mol. The summed E-state index contributed by atoms with van der Waals surface area (Å²) in [5.41, 5.74) is 4.86. The first-order valence-corrected chi connectivity index (χ1v) is 12.7. The van der Waals surface area contributed by atoms with Gasteiger partial charge in [-0.25, -0.2) is 13.1 Å². The summed E-state index contributed by atoms with van der Waals surface area (Å²) in [5, 5.41) is 3.06. The van der Waals surface area contributed by atoms with Crippen LogP contribution >= 0.6 is 0 Å². The van der Waals surface area contributed by atoms with E-state index in [-0.39, 0.29) is 16.8 Å². The number of carbonyl (C=O) groups is 1. The van der Waals surface area contributed by atoms with Crippen LogP contribution in [0.3, 0.4) is 0 Å². The molecule has 1 atom stereocenters. The number of para-hydroxylation sites is 1. The normalized spacial score (nSPS) is 12.5. The molecule has 0 saturated heterocycles. The number of aryl methyl sites for hydroxylation is 2. The quantitative estimate of drug-likeness (QED) is 0.425. The molecule has 33 heavy (non-hydrogen) atoms. The van der Waals surface area contributed by atoms with E-state index < -0.39 is 10.0 Å². The Morgan fingerprint density at radius 2 is 1.55 bits per heavy atom. The van der Waals surface area contributed by atoms with Gasteiger partial charge in [0.1, 0.15) is 0 Å². The Hall–Kier alpha value is -2.96. The van der Waals surface area contributed by atoms with E-state index in [2.05, 4.69) is 23.9 Å². The van der Waals surface area contributed by atoms with Crippen molar-refractivity contribution in [3.63, 3.8) is 0 Å². The van der Waals surface area contributed by atoms with Crippen LogP contribution in [0.25, 0.3) is 0 Å². The monoisotopic (exact) mass is 464 g/mol. The molecule has 0 spiro atoms. The highest BCUT2D eigenvalue weighted by molar-refractivity contribution is 7.89. The summed E-state index contributed by atoms with van der Waals surface area (Å²) in [5.74, 6) is 0.258. The van der Waals surface area contributed by atoms with Gasteiger partial charge in [-0.05, 0) is 60.6 Å². The molecule has 1 amide bonds. The first-order valence-electron chi connectivity index (χ1n) is 11.2. The molecule has 0 radical (unpaired) electrons. The topological polar surface area (TPSA) is 75.3 Å². The molecular formula is C27H32N2O3S. The average Bonchev–Trinajstić information content (AvgIpc) is 2.79. The number of anilines is 1. The molecule has 0 saturated carbocycles. The summed E-state index contributed by atoms with van der Waals surface area (Å²) in [6.07, 6.45) is 0.851. The van der Waals surface area contributed by atoms with Gasteiger partial charge in [-0.1, -0.05) is 74.5 Å². The van der Waals surface area contributed by atoms with E-state index in [1.165, 1.54) is 0 Å². The summed E-state index contributed by atoms with van der Waals surface area (Å²) in [6.45, 7) is 8.03. The number of benzene rings is 3. The first kappa shape index (κ1) is 24.7. The molecule has 3 aromatic carbocycles. The standard InChI is InChI=1S/C27H32N2O3S/c1-19(2)25-12-8-9-20(3)27(25)28-26(30)18-15-22-13-16-24(17-14-22)33(31,32)29-21(4)23-10-6-5-7-11-23/h5-14,16-17,19,21,29H,15,18H2,1-4H3,(H,28,30)/t21-/m0/s1. The summed E-state index contributed by atoms with van der Waals surface area (Å²) >= 11 is 0. The Bertz CT molecular complexity index is 1190. The zero-order chi connectivity index (χ0) is 24.0. The molecule has 0 aliphatic heterocycles. The van der Waals surface area contributed by atoms with Crippen LogP contribution in [0.5, 0.6) is 0 Å². The van der Waals surface area contributed by atoms with E-state index in [9.17, 15) is 13.2 Å². The van der Waals surface area contributed by atoms with Gasteiger partial charge in [0, 0.05) is 18.2 Å². The van der Waals surface area contributed by atoms with Crippen LogP contribution < -0.4 is 10.0 Å². The lowest BCUT2D eigenvalue weighted by Gasteiger charge is -2.16. The minimum atomic E-state index is -3.64. The lowest BCUT2D eigenvalue weighted by atomic mass is 9.98. The molecule has 6 heteroatoms. The number of carbonyl (C=O) groups excluding carboxylic acids is 1. The highest BCUT2D eigenvalue weighted by Crippen LogP contribution is 2.27. The molecule has 2 N–H and O–H groups in total. The maximum Gasteiger partial charge on any atom is 0.241 e. The van der Waals surface area contributed by atoms with Gasteiger partial charge in [0.15, 0.2) is 0 Å². The fourth-order valence-corrected chi connectivity index (χ4v) is 4.98. The first-order chi connectivity index (χ1) is 15.7. The maximum atomic E-state index is 12.7. The van der Waals surface area contributed by atoms with Gasteiger partial charge in [0.05, 0.1) is 4.90 Å². The van der Waals surface area contributed by atoms with Crippen molar-refractivity contribution < 1.29 is 13.2 Å². The number of amides is 1. The summed E-state index contributed by atoms with van der Waals surface area (Å²) < 4.78 is 28.2. The molecule has 3 aromatic rings. The van der Waals surface area contributed by atoms with Gasteiger partial charge in [-0.15, -0.1) is 0 Å². The molecule has 174 valence electrons.